The summed E-state index contributed by atoms with van der Waals surface area (Å²) in [5, 5.41) is 7.76. The van der Waals surface area contributed by atoms with Crippen molar-refractivity contribution in [3.63, 3.8) is 0 Å². The molecule has 2 heterocycles. The molecule has 0 unspecified atom stereocenters. The second-order valence-electron chi connectivity index (χ2n) is 9.37. The van der Waals surface area contributed by atoms with Crippen molar-refractivity contribution in [2.45, 2.75) is 45.2 Å². The summed E-state index contributed by atoms with van der Waals surface area (Å²) in [6, 6.07) is 15.7. The fourth-order valence-corrected chi connectivity index (χ4v) is 4.91. The number of benzene rings is 2. The minimum absolute atomic E-state index is 0.0246. The standard InChI is InChI=1S/C28H37N5O4/c1-4-32-27(30-33(28(32)35)19-22-8-6-5-7-9-22)23-13-16-31(17-14-23)20-26(34)29-15-12-21-10-11-24(36-2)25(18-21)37-3/h5-11,18,23H,4,12-17,19-20H2,1-3H3,(H,29,34). The molecule has 1 aliphatic heterocycles. The summed E-state index contributed by atoms with van der Waals surface area (Å²) in [4.78, 5) is 27.7. The van der Waals surface area contributed by atoms with Gasteiger partial charge in [0.15, 0.2) is 11.5 Å². The molecule has 9 nitrogen and oxygen atoms in total. The van der Waals surface area contributed by atoms with Crippen LogP contribution in [0, 0.1) is 0 Å². The number of amides is 1. The monoisotopic (exact) mass is 507 g/mol. The zero-order valence-electron chi connectivity index (χ0n) is 22.0. The van der Waals surface area contributed by atoms with Gasteiger partial charge in [-0.2, -0.15) is 5.10 Å². The van der Waals surface area contributed by atoms with Gasteiger partial charge in [0.05, 0.1) is 27.3 Å². The van der Waals surface area contributed by atoms with Crippen LogP contribution in [0.2, 0.25) is 0 Å². The van der Waals surface area contributed by atoms with Gasteiger partial charge in [0, 0.05) is 19.0 Å². The number of ether oxygens (including phenoxy) is 2. The number of aromatic nitrogens is 3. The first kappa shape index (κ1) is 26.5. The summed E-state index contributed by atoms with van der Waals surface area (Å²) in [6.45, 7) is 5.61. The lowest BCUT2D eigenvalue weighted by Gasteiger charge is -2.30. The largest absolute Gasteiger partial charge is 0.493 e. The van der Waals surface area contributed by atoms with Gasteiger partial charge in [0.2, 0.25) is 5.91 Å². The Kier molecular flexibility index (Phi) is 9.00. The van der Waals surface area contributed by atoms with E-state index in [1.165, 1.54) is 0 Å². The van der Waals surface area contributed by atoms with E-state index in [0.29, 0.717) is 44.1 Å². The first-order valence-electron chi connectivity index (χ1n) is 12.9. The Hall–Kier alpha value is -3.59. The van der Waals surface area contributed by atoms with Crippen molar-refractivity contribution in [3.8, 4) is 11.5 Å². The number of nitrogens with one attached hydrogen (secondary N) is 1. The Morgan fingerprint density at radius 2 is 1.76 bits per heavy atom. The van der Waals surface area contributed by atoms with Crippen molar-refractivity contribution < 1.29 is 14.3 Å². The SMILES string of the molecule is CCn1c(C2CCN(CC(=O)NCCc3ccc(OC)c(OC)c3)CC2)nn(Cc2ccccc2)c1=O. The van der Waals surface area contributed by atoms with E-state index in [9.17, 15) is 9.59 Å². The minimum atomic E-state index is -0.0577. The van der Waals surface area contributed by atoms with Crippen molar-refractivity contribution in [1.82, 2.24) is 24.6 Å². The summed E-state index contributed by atoms with van der Waals surface area (Å²) in [6.07, 6.45) is 2.47. The Bertz CT molecular complexity index is 1230. The molecule has 1 fully saturated rings. The van der Waals surface area contributed by atoms with E-state index in [1.54, 1.807) is 23.5 Å². The summed E-state index contributed by atoms with van der Waals surface area (Å²) in [7, 11) is 3.23. The number of likely N-dealkylation sites (tertiary alicyclic amines) is 1. The summed E-state index contributed by atoms with van der Waals surface area (Å²) >= 11 is 0. The molecule has 1 amide bonds. The molecule has 1 aliphatic rings. The zero-order valence-corrected chi connectivity index (χ0v) is 22.0. The fourth-order valence-electron chi connectivity index (χ4n) is 4.91. The van der Waals surface area contributed by atoms with E-state index >= 15 is 0 Å². The maximum atomic E-state index is 12.9. The molecule has 3 aromatic rings. The Balaban J connectivity index is 1.26. The summed E-state index contributed by atoms with van der Waals surface area (Å²) < 4.78 is 14.0. The molecule has 4 rings (SSSR count). The van der Waals surface area contributed by atoms with Gasteiger partial charge in [-0.1, -0.05) is 36.4 Å². The molecular weight excluding hydrogens is 470 g/mol. The van der Waals surface area contributed by atoms with E-state index in [-0.39, 0.29) is 17.5 Å². The fraction of sp³-hybridized carbons (Fsp3) is 0.464. The molecule has 37 heavy (non-hydrogen) atoms. The molecule has 1 aromatic heterocycles. The maximum absolute atomic E-state index is 12.9. The van der Waals surface area contributed by atoms with E-state index in [0.717, 1.165) is 42.9 Å². The first-order chi connectivity index (χ1) is 18.0. The highest BCUT2D eigenvalue weighted by atomic mass is 16.5. The topological polar surface area (TPSA) is 90.6 Å². The highest BCUT2D eigenvalue weighted by Gasteiger charge is 2.27. The van der Waals surface area contributed by atoms with E-state index in [2.05, 4.69) is 10.2 Å². The van der Waals surface area contributed by atoms with E-state index < -0.39 is 0 Å². The van der Waals surface area contributed by atoms with Gasteiger partial charge >= 0.3 is 5.69 Å². The van der Waals surface area contributed by atoms with Gasteiger partial charge < -0.3 is 14.8 Å². The van der Waals surface area contributed by atoms with Gasteiger partial charge in [0.25, 0.3) is 0 Å². The van der Waals surface area contributed by atoms with Crippen molar-refractivity contribution in [3.05, 3.63) is 76.0 Å². The van der Waals surface area contributed by atoms with Gasteiger partial charge in [-0.15, -0.1) is 0 Å². The molecule has 0 aliphatic carbocycles. The van der Waals surface area contributed by atoms with Crippen LogP contribution < -0.4 is 20.5 Å². The molecule has 0 bridgehead atoms. The van der Waals surface area contributed by atoms with Crippen LogP contribution in [-0.4, -0.2) is 65.6 Å². The van der Waals surface area contributed by atoms with Crippen LogP contribution in [0.25, 0.3) is 0 Å². The number of hydrogen-bond acceptors (Lipinski definition) is 6. The van der Waals surface area contributed by atoms with Crippen molar-refractivity contribution in [2.24, 2.45) is 0 Å². The number of rotatable bonds is 11. The maximum Gasteiger partial charge on any atom is 0.346 e. The predicted octanol–water partition coefficient (Wildman–Crippen LogP) is 2.67. The third-order valence-electron chi connectivity index (χ3n) is 6.95. The Labute approximate surface area is 218 Å². The first-order valence-corrected chi connectivity index (χ1v) is 12.9. The summed E-state index contributed by atoms with van der Waals surface area (Å²) in [5.74, 6) is 2.48. The van der Waals surface area contributed by atoms with Gasteiger partial charge in [-0.3, -0.25) is 14.3 Å². The lowest BCUT2D eigenvalue weighted by molar-refractivity contribution is -0.122. The highest BCUT2D eigenvalue weighted by molar-refractivity contribution is 5.78. The zero-order chi connectivity index (χ0) is 26.2. The average Bonchev–Trinajstić information content (AvgIpc) is 3.24. The number of carbonyl (C=O) groups excluding carboxylic acids is 1. The molecule has 2 aromatic carbocycles. The molecule has 1 saturated heterocycles. The van der Waals surface area contributed by atoms with Crippen LogP contribution in [-0.2, 0) is 24.3 Å². The molecule has 9 heteroatoms. The number of carbonyl (C=O) groups is 1. The number of methoxy groups -OCH3 is 2. The minimum Gasteiger partial charge on any atom is -0.493 e. The van der Waals surface area contributed by atoms with Crippen molar-refractivity contribution in [1.29, 1.82) is 0 Å². The lowest BCUT2D eigenvalue weighted by Crippen LogP contribution is -2.42. The molecular formula is C28H37N5O4. The smallest absolute Gasteiger partial charge is 0.346 e. The number of hydrogen-bond donors (Lipinski definition) is 1. The average molecular weight is 508 g/mol. The lowest BCUT2D eigenvalue weighted by atomic mass is 9.96. The van der Waals surface area contributed by atoms with Gasteiger partial charge in [-0.05, 0) is 62.5 Å². The van der Waals surface area contributed by atoms with E-state index in [1.807, 2.05) is 55.5 Å². The van der Waals surface area contributed by atoms with Gasteiger partial charge in [-0.25, -0.2) is 9.48 Å². The second kappa shape index (κ2) is 12.6. The normalized spacial score (nSPS) is 14.5. The van der Waals surface area contributed by atoms with Crippen LogP contribution in [0.15, 0.2) is 53.3 Å². The predicted molar refractivity (Wildman–Crippen MR) is 142 cm³/mol. The Morgan fingerprint density at radius 1 is 1.03 bits per heavy atom. The highest BCUT2D eigenvalue weighted by Crippen LogP contribution is 2.28. The quantitative estimate of drug-likeness (QED) is 0.429. The third-order valence-corrected chi connectivity index (χ3v) is 6.95. The van der Waals surface area contributed by atoms with Crippen LogP contribution in [0.4, 0.5) is 0 Å². The van der Waals surface area contributed by atoms with Crippen LogP contribution in [0.5, 0.6) is 11.5 Å². The molecule has 198 valence electrons. The summed E-state index contributed by atoms with van der Waals surface area (Å²) in [5.41, 5.74) is 2.08. The van der Waals surface area contributed by atoms with Crippen LogP contribution in [0.1, 0.15) is 42.6 Å². The second-order valence-corrected chi connectivity index (χ2v) is 9.37. The van der Waals surface area contributed by atoms with Crippen LogP contribution >= 0.6 is 0 Å². The van der Waals surface area contributed by atoms with Crippen molar-refractivity contribution >= 4 is 5.91 Å². The third kappa shape index (κ3) is 6.60. The Morgan fingerprint density at radius 3 is 2.43 bits per heavy atom. The number of nitrogens with zero attached hydrogens (tertiary/aromatic N) is 4. The molecule has 0 spiro atoms. The molecule has 0 radical (unpaired) electrons. The molecule has 0 saturated carbocycles. The van der Waals surface area contributed by atoms with Crippen molar-refractivity contribution in [2.75, 3.05) is 40.4 Å². The van der Waals surface area contributed by atoms with Gasteiger partial charge in [0.1, 0.15) is 5.82 Å². The van der Waals surface area contributed by atoms with E-state index in [4.69, 9.17) is 14.6 Å². The number of piperidine rings is 1. The molecule has 0 atom stereocenters. The molecule has 1 N–H and O–H groups in total. The van der Waals surface area contributed by atoms with Crippen LogP contribution in [0.3, 0.4) is 0 Å².